The summed E-state index contributed by atoms with van der Waals surface area (Å²) in [6, 6.07) is 17.2. The number of nitrogens with zero attached hydrogens (tertiary/aromatic N) is 2. The van der Waals surface area contributed by atoms with E-state index in [2.05, 4.69) is 9.88 Å². The summed E-state index contributed by atoms with van der Waals surface area (Å²) in [5.74, 6) is 1.91. The third-order valence-electron chi connectivity index (χ3n) is 4.54. The van der Waals surface area contributed by atoms with Crippen LogP contribution in [-0.4, -0.2) is 48.7 Å². The molecule has 1 atom stereocenters. The molecule has 0 radical (unpaired) electrons. The number of benzene rings is 2. The van der Waals surface area contributed by atoms with Crippen molar-refractivity contribution in [1.82, 2.24) is 4.98 Å². The monoisotopic (exact) mass is 410 g/mol. The Morgan fingerprint density at radius 2 is 1.70 bits per heavy atom. The molecule has 0 amide bonds. The van der Waals surface area contributed by atoms with Gasteiger partial charge >= 0.3 is 0 Å². The second kappa shape index (κ2) is 10.5. The molecule has 0 aliphatic heterocycles. The van der Waals surface area contributed by atoms with Crippen LogP contribution in [0.1, 0.15) is 5.56 Å². The summed E-state index contributed by atoms with van der Waals surface area (Å²) < 4.78 is 16.3. The summed E-state index contributed by atoms with van der Waals surface area (Å²) in [5.41, 5.74) is 2.93. The number of rotatable bonds is 10. The molecule has 0 bridgehead atoms. The van der Waals surface area contributed by atoms with Gasteiger partial charge in [-0.15, -0.1) is 0 Å². The maximum Gasteiger partial charge on any atom is 0.162 e. The van der Waals surface area contributed by atoms with Crippen LogP contribution in [0.2, 0.25) is 0 Å². The Bertz CT molecular complexity index is 919. The maximum atomic E-state index is 9.46. The van der Waals surface area contributed by atoms with Crippen molar-refractivity contribution in [2.75, 3.05) is 32.3 Å². The van der Waals surface area contributed by atoms with Gasteiger partial charge in [-0.2, -0.15) is 0 Å². The van der Waals surface area contributed by atoms with Crippen molar-refractivity contribution in [2.24, 2.45) is 0 Å². The lowest BCUT2D eigenvalue weighted by Crippen LogP contribution is -2.21. The van der Waals surface area contributed by atoms with Crippen molar-refractivity contribution < 1.29 is 24.4 Å². The van der Waals surface area contributed by atoms with Crippen LogP contribution in [0.25, 0.3) is 0 Å². The smallest absolute Gasteiger partial charge is 0.162 e. The molecule has 30 heavy (non-hydrogen) atoms. The van der Waals surface area contributed by atoms with Gasteiger partial charge in [0.05, 0.1) is 20.8 Å². The van der Waals surface area contributed by atoms with Gasteiger partial charge in [-0.3, -0.25) is 4.98 Å². The van der Waals surface area contributed by atoms with Gasteiger partial charge in [0.2, 0.25) is 0 Å². The van der Waals surface area contributed by atoms with Gasteiger partial charge in [0.1, 0.15) is 18.5 Å². The zero-order valence-electron chi connectivity index (χ0n) is 17.1. The van der Waals surface area contributed by atoms with E-state index in [-0.39, 0.29) is 13.2 Å². The van der Waals surface area contributed by atoms with Gasteiger partial charge in [0.15, 0.2) is 11.5 Å². The first-order valence-electron chi connectivity index (χ1n) is 9.55. The van der Waals surface area contributed by atoms with Crippen LogP contribution in [0.4, 0.5) is 11.4 Å². The molecular formula is C23H26N2O5. The number of hydrogen-bond donors (Lipinski definition) is 2. The molecule has 0 saturated heterocycles. The molecule has 0 aliphatic carbocycles. The number of aliphatic hydroxyl groups is 2. The lowest BCUT2D eigenvalue weighted by Gasteiger charge is -2.26. The second-order valence-corrected chi connectivity index (χ2v) is 6.63. The van der Waals surface area contributed by atoms with Crippen molar-refractivity contribution in [3.05, 3.63) is 72.6 Å². The van der Waals surface area contributed by atoms with Crippen LogP contribution in [0.15, 0.2) is 67.0 Å². The summed E-state index contributed by atoms with van der Waals surface area (Å²) in [7, 11) is 3.22. The molecule has 1 heterocycles. The molecular weight excluding hydrogens is 384 g/mol. The fourth-order valence-electron chi connectivity index (χ4n) is 2.97. The second-order valence-electron chi connectivity index (χ2n) is 6.63. The molecule has 0 saturated carbocycles. The fourth-order valence-corrected chi connectivity index (χ4v) is 2.97. The van der Waals surface area contributed by atoms with Gasteiger partial charge in [-0.1, -0.05) is 6.07 Å². The maximum absolute atomic E-state index is 9.46. The predicted molar refractivity (Wildman–Crippen MR) is 115 cm³/mol. The summed E-state index contributed by atoms with van der Waals surface area (Å²) in [6.07, 6.45) is 2.68. The van der Waals surface area contributed by atoms with Crippen molar-refractivity contribution in [3.8, 4) is 17.2 Å². The van der Waals surface area contributed by atoms with Crippen LogP contribution < -0.4 is 19.1 Å². The van der Waals surface area contributed by atoms with Crippen molar-refractivity contribution in [1.29, 1.82) is 0 Å². The van der Waals surface area contributed by atoms with Gasteiger partial charge < -0.3 is 29.3 Å². The number of pyridine rings is 1. The van der Waals surface area contributed by atoms with Crippen molar-refractivity contribution in [2.45, 2.75) is 12.6 Å². The molecule has 0 spiro atoms. The van der Waals surface area contributed by atoms with Crippen molar-refractivity contribution >= 4 is 11.4 Å². The molecule has 158 valence electrons. The Morgan fingerprint density at radius 3 is 2.33 bits per heavy atom. The zero-order chi connectivity index (χ0) is 21.3. The highest BCUT2D eigenvalue weighted by molar-refractivity contribution is 5.67. The van der Waals surface area contributed by atoms with E-state index in [1.165, 1.54) is 0 Å². The summed E-state index contributed by atoms with van der Waals surface area (Å²) >= 11 is 0. The average molecular weight is 410 g/mol. The van der Waals surface area contributed by atoms with E-state index in [1.807, 2.05) is 60.8 Å². The first kappa shape index (κ1) is 21.4. The normalized spacial score (nSPS) is 11.6. The van der Waals surface area contributed by atoms with Crippen LogP contribution >= 0.6 is 0 Å². The molecule has 3 aromatic rings. The molecule has 0 fully saturated rings. The standard InChI is InChI=1S/C23H26N2O5/c1-28-22-10-7-19(12-23(22)29-2)25(14-17-4-3-11-24-13-17)18-5-8-21(9-6-18)30-16-20(27)15-26/h3-13,20,26-27H,14-16H2,1-2H3/t20-/m1/s1. The van der Waals surface area contributed by atoms with E-state index < -0.39 is 6.10 Å². The van der Waals surface area contributed by atoms with E-state index in [0.29, 0.717) is 23.8 Å². The Balaban J connectivity index is 1.90. The third kappa shape index (κ3) is 5.40. The molecule has 0 unspecified atom stereocenters. The van der Waals surface area contributed by atoms with E-state index in [1.54, 1.807) is 20.4 Å². The molecule has 2 aromatic carbocycles. The van der Waals surface area contributed by atoms with Crippen LogP contribution in [0.5, 0.6) is 17.2 Å². The van der Waals surface area contributed by atoms with E-state index in [4.69, 9.17) is 19.3 Å². The SMILES string of the molecule is COc1ccc(N(Cc2cccnc2)c2ccc(OC[C@H](O)CO)cc2)cc1OC. The molecule has 7 nitrogen and oxygen atoms in total. The minimum Gasteiger partial charge on any atom is -0.493 e. The summed E-state index contributed by atoms with van der Waals surface area (Å²) in [5, 5.41) is 18.4. The number of anilines is 2. The highest BCUT2D eigenvalue weighted by Gasteiger charge is 2.14. The number of ether oxygens (including phenoxy) is 3. The Morgan fingerprint density at radius 1 is 0.967 bits per heavy atom. The van der Waals surface area contributed by atoms with Crippen LogP contribution in [0.3, 0.4) is 0 Å². The van der Waals surface area contributed by atoms with E-state index in [9.17, 15) is 5.11 Å². The number of hydrogen-bond acceptors (Lipinski definition) is 7. The number of aromatic nitrogens is 1. The lowest BCUT2D eigenvalue weighted by molar-refractivity contribution is 0.0536. The highest BCUT2D eigenvalue weighted by atomic mass is 16.5. The summed E-state index contributed by atoms with van der Waals surface area (Å²) in [6.45, 7) is 0.300. The predicted octanol–water partition coefficient (Wildman–Crippen LogP) is 3.17. The van der Waals surface area contributed by atoms with E-state index in [0.717, 1.165) is 16.9 Å². The van der Waals surface area contributed by atoms with Crippen LogP contribution in [0, 0.1) is 0 Å². The third-order valence-corrected chi connectivity index (χ3v) is 4.54. The lowest BCUT2D eigenvalue weighted by atomic mass is 10.1. The summed E-state index contributed by atoms with van der Waals surface area (Å²) in [4.78, 5) is 6.34. The Kier molecular flexibility index (Phi) is 7.48. The Labute approximate surface area is 176 Å². The first-order chi connectivity index (χ1) is 14.6. The fraction of sp³-hybridized carbons (Fsp3) is 0.261. The van der Waals surface area contributed by atoms with Gasteiger partial charge in [0.25, 0.3) is 0 Å². The molecule has 3 rings (SSSR count). The molecule has 7 heteroatoms. The molecule has 0 aliphatic rings. The minimum absolute atomic E-state index is 0.0327. The quantitative estimate of drug-likeness (QED) is 0.531. The average Bonchev–Trinajstić information content (AvgIpc) is 2.81. The van der Waals surface area contributed by atoms with Gasteiger partial charge in [0, 0.05) is 36.4 Å². The van der Waals surface area contributed by atoms with E-state index >= 15 is 0 Å². The largest absolute Gasteiger partial charge is 0.493 e. The molecule has 2 N–H and O–H groups in total. The first-order valence-corrected chi connectivity index (χ1v) is 9.55. The van der Waals surface area contributed by atoms with Crippen LogP contribution in [-0.2, 0) is 6.54 Å². The topological polar surface area (TPSA) is 84.3 Å². The van der Waals surface area contributed by atoms with Gasteiger partial charge in [-0.05, 0) is 48.0 Å². The zero-order valence-corrected chi connectivity index (χ0v) is 17.1. The molecule has 1 aromatic heterocycles. The number of aliphatic hydroxyl groups excluding tert-OH is 2. The number of methoxy groups -OCH3 is 2. The minimum atomic E-state index is -0.904. The Hall–Kier alpha value is -3.29. The van der Waals surface area contributed by atoms with Gasteiger partial charge in [-0.25, -0.2) is 0 Å². The highest BCUT2D eigenvalue weighted by Crippen LogP contribution is 2.36. The van der Waals surface area contributed by atoms with Crippen molar-refractivity contribution in [3.63, 3.8) is 0 Å².